The molecule has 94 valence electrons. The molecule has 1 unspecified atom stereocenters. The number of nitrogens with one attached hydrogen (secondary N) is 1. The Morgan fingerprint density at radius 1 is 1.22 bits per heavy atom. The Morgan fingerprint density at radius 3 is 2.72 bits per heavy atom. The quantitative estimate of drug-likeness (QED) is 0.887. The minimum absolute atomic E-state index is 0.168. The Kier molecular flexibility index (Phi) is 4.11. The zero-order valence-electron chi connectivity index (χ0n) is 11.3. The van der Waals surface area contributed by atoms with E-state index in [2.05, 4.69) is 54.5 Å². The van der Waals surface area contributed by atoms with Gasteiger partial charge in [0, 0.05) is 6.20 Å². The van der Waals surface area contributed by atoms with Gasteiger partial charge in [-0.25, -0.2) is 0 Å². The van der Waals surface area contributed by atoms with Crippen molar-refractivity contribution in [1.82, 2.24) is 10.3 Å². The topological polar surface area (TPSA) is 24.9 Å². The largest absolute Gasteiger partial charge is 0.308 e. The third-order valence-electron chi connectivity index (χ3n) is 3.24. The van der Waals surface area contributed by atoms with Crippen molar-refractivity contribution in [2.75, 3.05) is 7.05 Å². The van der Waals surface area contributed by atoms with Gasteiger partial charge in [-0.05, 0) is 37.6 Å². The molecule has 0 amide bonds. The van der Waals surface area contributed by atoms with E-state index >= 15 is 0 Å². The van der Waals surface area contributed by atoms with Crippen LogP contribution >= 0.6 is 0 Å². The number of nitrogens with zero attached hydrogens (tertiary/aromatic N) is 1. The highest BCUT2D eigenvalue weighted by atomic mass is 14.9. The standard InChI is InChI=1S/C16H20N2/c1-4-13-9-6-10-18-16(13)15(17-3)14-8-5-7-12(2)11-14/h5-11,15,17H,4H2,1-3H3. The van der Waals surface area contributed by atoms with Gasteiger partial charge in [-0.3, -0.25) is 4.98 Å². The Morgan fingerprint density at radius 2 is 2.06 bits per heavy atom. The number of benzene rings is 1. The van der Waals surface area contributed by atoms with Crippen molar-refractivity contribution in [1.29, 1.82) is 0 Å². The maximum absolute atomic E-state index is 4.56. The van der Waals surface area contributed by atoms with E-state index in [-0.39, 0.29) is 6.04 Å². The normalized spacial score (nSPS) is 12.4. The van der Waals surface area contributed by atoms with Gasteiger partial charge in [-0.2, -0.15) is 0 Å². The molecule has 2 aromatic rings. The van der Waals surface area contributed by atoms with E-state index in [4.69, 9.17) is 0 Å². The second kappa shape index (κ2) is 5.78. The molecule has 0 aliphatic carbocycles. The van der Waals surface area contributed by atoms with E-state index in [1.807, 2.05) is 19.3 Å². The van der Waals surface area contributed by atoms with E-state index in [9.17, 15) is 0 Å². The monoisotopic (exact) mass is 240 g/mol. The highest BCUT2D eigenvalue weighted by Gasteiger charge is 2.16. The predicted molar refractivity (Wildman–Crippen MR) is 75.7 cm³/mol. The number of pyridine rings is 1. The summed E-state index contributed by atoms with van der Waals surface area (Å²) >= 11 is 0. The maximum Gasteiger partial charge on any atom is 0.0751 e. The molecule has 1 atom stereocenters. The summed E-state index contributed by atoms with van der Waals surface area (Å²) in [5, 5.41) is 3.37. The number of rotatable bonds is 4. The number of aromatic nitrogens is 1. The highest BCUT2D eigenvalue weighted by molar-refractivity contribution is 5.34. The van der Waals surface area contributed by atoms with Gasteiger partial charge in [0.1, 0.15) is 0 Å². The fourth-order valence-electron chi connectivity index (χ4n) is 2.32. The van der Waals surface area contributed by atoms with Gasteiger partial charge in [0.25, 0.3) is 0 Å². The molecule has 2 nitrogen and oxygen atoms in total. The summed E-state index contributed by atoms with van der Waals surface area (Å²) in [4.78, 5) is 4.56. The molecular formula is C16H20N2. The van der Waals surface area contributed by atoms with E-state index in [0.717, 1.165) is 12.1 Å². The van der Waals surface area contributed by atoms with Crippen molar-refractivity contribution < 1.29 is 0 Å². The third kappa shape index (κ3) is 2.59. The van der Waals surface area contributed by atoms with Crippen LogP contribution in [-0.2, 0) is 6.42 Å². The summed E-state index contributed by atoms with van der Waals surface area (Å²) < 4.78 is 0. The first-order chi connectivity index (χ1) is 8.76. The Labute approximate surface area is 109 Å². The second-order valence-electron chi connectivity index (χ2n) is 4.54. The van der Waals surface area contributed by atoms with Crippen molar-refractivity contribution in [3.63, 3.8) is 0 Å². The molecule has 1 N–H and O–H groups in total. The molecule has 0 saturated heterocycles. The van der Waals surface area contributed by atoms with Crippen molar-refractivity contribution >= 4 is 0 Å². The molecule has 18 heavy (non-hydrogen) atoms. The van der Waals surface area contributed by atoms with Crippen LogP contribution in [0.5, 0.6) is 0 Å². The van der Waals surface area contributed by atoms with Crippen molar-refractivity contribution in [2.24, 2.45) is 0 Å². The van der Waals surface area contributed by atoms with Gasteiger partial charge < -0.3 is 5.32 Å². The molecule has 1 heterocycles. The minimum Gasteiger partial charge on any atom is -0.308 e. The van der Waals surface area contributed by atoms with Gasteiger partial charge in [-0.15, -0.1) is 0 Å². The first-order valence-corrected chi connectivity index (χ1v) is 6.44. The SMILES string of the molecule is CCc1cccnc1C(NC)c1cccc(C)c1. The molecule has 2 rings (SSSR count). The summed E-state index contributed by atoms with van der Waals surface area (Å²) in [6.45, 7) is 4.29. The fourth-order valence-corrected chi connectivity index (χ4v) is 2.32. The summed E-state index contributed by atoms with van der Waals surface area (Å²) in [6, 6.07) is 12.9. The fraction of sp³-hybridized carbons (Fsp3) is 0.312. The van der Waals surface area contributed by atoms with E-state index in [1.165, 1.54) is 16.7 Å². The summed E-state index contributed by atoms with van der Waals surface area (Å²) in [5.74, 6) is 0. The molecule has 0 bridgehead atoms. The third-order valence-corrected chi connectivity index (χ3v) is 3.24. The molecule has 0 saturated carbocycles. The molecule has 0 spiro atoms. The summed E-state index contributed by atoms with van der Waals surface area (Å²) in [7, 11) is 1.99. The molecule has 2 heteroatoms. The lowest BCUT2D eigenvalue weighted by Gasteiger charge is -2.19. The van der Waals surface area contributed by atoms with Crippen LogP contribution in [0.3, 0.4) is 0 Å². The van der Waals surface area contributed by atoms with Gasteiger partial charge >= 0.3 is 0 Å². The molecule has 0 aliphatic heterocycles. The van der Waals surface area contributed by atoms with E-state index in [0.29, 0.717) is 0 Å². The Balaban J connectivity index is 2.45. The van der Waals surface area contributed by atoms with Crippen LogP contribution in [0.2, 0.25) is 0 Å². The van der Waals surface area contributed by atoms with E-state index in [1.54, 1.807) is 0 Å². The van der Waals surface area contributed by atoms with Crippen LogP contribution in [-0.4, -0.2) is 12.0 Å². The first kappa shape index (κ1) is 12.8. The molecule has 0 fully saturated rings. The second-order valence-corrected chi connectivity index (χ2v) is 4.54. The number of aryl methyl sites for hydroxylation is 2. The van der Waals surface area contributed by atoms with Crippen LogP contribution in [0.1, 0.15) is 35.3 Å². The summed E-state index contributed by atoms with van der Waals surface area (Å²) in [6.07, 6.45) is 2.88. The highest BCUT2D eigenvalue weighted by Crippen LogP contribution is 2.23. The average Bonchev–Trinajstić information content (AvgIpc) is 2.40. The van der Waals surface area contributed by atoms with Gasteiger partial charge in [0.2, 0.25) is 0 Å². The van der Waals surface area contributed by atoms with Crippen LogP contribution < -0.4 is 5.32 Å². The molecular weight excluding hydrogens is 220 g/mol. The number of hydrogen-bond acceptors (Lipinski definition) is 2. The van der Waals surface area contributed by atoms with Crippen molar-refractivity contribution in [3.8, 4) is 0 Å². The van der Waals surface area contributed by atoms with Crippen LogP contribution in [0.4, 0.5) is 0 Å². The minimum atomic E-state index is 0.168. The lowest BCUT2D eigenvalue weighted by Crippen LogP contribution is -2.20. The Bertz CT molecular complexity index is 520. The molecule has 1 aromatic carbocycles. The predicted octanol–water partition coefficient (Wildman–Crippen LogP) is 3.26. The van der Waals surface area contributed by atoms with Crippen molar-refractivity contribution in [3.05, 3.63) is 65.0 Å². The maximum atomic E-state index is 4.56. The van der Waals surface area contributed by atoms with Crippen LogP contribution in [0.15, 0.2) is 42.6 Å². The average molecular weight is 240 g/mol. The molecule has 0 aliphatic rings. The van der Waals surface area contributed by atoms with E-state index < -0.39 is 0 Å². The zero-order chi connectivity index (χ0) is 13.0. The smallest absolute Gasteiger partial charge is 0.0751 e. The zero-order valence-corrected chi connectivity index (χ0v) is 11.3. The number of hydrogen-bond donors (Lipinski definition) is 1. The first-order valence-electron chi connectivity index (χ1n) is 6.44. The lowest BCUT2D eigenvalue weighted by atomic mass is 9.97. The van der Waals surface area contributed by atoms with Crippen LogP contribution in [0.25, 0.3) is 0 Å². The van der Waals surface area contributed by atoms with Crippen molar-refractivity contribution in [2.45, 2.75) is 26.3 Å². The lowest BCUT2D eigenvalue weighted by molar-refractivity contribution is 0.661. The molecule has 1 aromatic heterocycles. The van der Waals surface area contributed by atoms with Crippen LogP contribution in [0, 0.1) is 6.92 Å². The van der Waals surface area contributed by atoms with Gasteiger partial charge in [0.15, 0.2) is 0 Å². The van der Waals surface area contributed by atoms with Gasteiger partial charge in [0.05, 0.1) is 11.7 Å². The summed E-state index contributed by atoms with van der Waals surface area (Å²) in [5.41, 5.74) is 4.99. The van der Waals surface area contributed by atoms with Gasteiger partial charge in [-0.1, -0.05) is 42.8 Å². The Hall–Kier alpha value is -1.67. The molecule has 0 radical (unpaired) electrons.